The summed E-state index contributed by atoms with van der Waals surface area (Å²) in [6.07, 6.45) is 2.95. The summed E-state index contributed by atoms with van der Waals surface area (Å²) in [6, 6.07) is 3.62. The van der Waals surface area contributed by atoms with Gasteiger partial charge < -0.3 is 4.74 Å². The predicted octanol–water partition coefficient (Wildman–Crippen LogP) is 2.97. The van der Waals surface area contributed by atoms with Gasteiger partial charge in [-0.15, -0.1) is 0 Å². The van der Waals surface area contributed by atoms with Crippen LogP contribution in [0.15, 0.2) is 18.3 Å². The first-order valence-electron chi connectivity index (χ1n) is 7.42. The Labute approximate surface area is 124 Å². The van der Waals surface area contributed by atoms with Crippen molar-refractivity contribution in [2.75, 3.05) is 25.0 Å². The number of carbonyl (C=O) groups is 1. The van der Waals surface area contributed by atoms with Gasteiger partial charge in [0.05, 0.1) is 6.61 Å². The lowest BCUT2D eigenvalue weighted by molar-refractivity contribution is 0.160. The highest BCUT2D eigenvalue weighted by atomic mass is 19.1. The van der Waals surface area contributed by atoms with E-state index in [1.807, 2.05) is 13.0 Å². The summed E-state index contributed by atoms with van der Waals surface area (Å²) >= 11 is 0. The number of pyridine rings is 1. The largest absolute Gasteiger partial charge is 0.449 e. The Morgan fingerprint density at radius 2 is 2.43 bits per heavy atom. The number of rotatable bonds is 6. The standard InChI is InChI=1S/C15H22FN3O2/c1-2-3-8-21-15(20)18-14-5-4-12(9-17-14)10-19-7-6-13(16)11-19/h4-5,9,13H,2-3,6-8,10-11H2,1H3,(H,17,18,20). The number of carbonyl (C=O) groups excluding carboxylic acids is 1. The Kier molecular flexibility index (Phi) is 5.92. The molecule has 1 atom stereocenters. The maximum Gasteiger partial charge on any atom is 0.412 e. The van der Waals surface area contributed by atoms with Crippen LogP contribution in [0.5, 0.6) is 0 Å². The van der Waals surface area contributed by atoms with Gasteiger partial charge in [0, 0.05) is 25.8 Å². The highest BCUT2D eigenvalue weighted by molar-refractivity contribution is 5.83. The molecule has 1 saturated heterocycles. The second-order valence-electron chi connectivity index (χ2n) is 5.29. The smallest absolute Gasteiger partial charge is 0.412 e. The van der Waals surface area contributed by atoms with Crippen LogP contribution in [-0.4, -0.2) is 41.8 Å². The third kappa shape index (κ3) is 5.30. The number of likely N-dealkylation sites (tertiary alicyclic amines) is 1. The molecule has 1 aliphatic heterocycles. The van der Waals surface area contributed by atoms with Crippen molar-refractivity contribution in [3.63, 3.8) is 0 Å². The topological polar surface area (TPSA) is 54.5 Å². The molecule has 1 aromatic heterocycles. The van der Waals surface area contributed by atoms with Crippen molar-refractivity contribution >= 4 is 11.9 Å². The van der Waals surface area contributed by atoms with Crippen LogP contribution < -0.4 is 5.32 Å². The van der Waals surface area contributed by atoms with Crippen LogP contribution in [0.1, 0.15) is 31.7 Å². The van der Waals surface area contributed by atoms with Gasteiger partial charge in [0.1, 0.15) is 12.0 Å². The lowest BCUT2D eigenvalue weighted by Crippen LogP contribution is -2.20. The van der Waals surface area contributed by atoms with Gasteiger partial charge in [0.2, 0.25) is 0 Å². The number of nitrogens with one attached hydrogen (secondary N) is 1. The van der Waals surface area contributed by atoms with E-state index in [0.717, 1.165) is 24.9 Å². The number of nitrogens with zero attached hydrogens (tertiary/aromatic N) is 2. The summed E-state index contributed by atoms with van der Waals surface area (Å²) in [6.45, 7) is 4.41. The molecule has 1 N–H and O–H groups in total. The monoisotopic (exact) mass is 295 g/mol. The van der Waals surface area contributed by atoms with Gasteiger partial charge in [0.15, 0.2) is 0 Å². The maximum atomic E-state index is 13.1. The van der Waals surface area contributed by atoms with Crippen LogP contribution in [0.3, 0.4) is 0 Å². The molecule has 6 heteroatoms. The van der Waals surface area contributed by atoms with E-state index in [2.05, 4.69) is 15.2 Å². The minimum Gasteiger partial charge on any atom is -0.449 e. The fourth-order valence-electron chi connectivity index (χ4n) is 2.23. The fourth-order valence-corrected chi connectivity index (χ4v) is 2.23. The van der Waals surface area contributed by atoms with E-state index in [9.17, 15) is 9.18 Å². The van der Waals surface area contributed by atoms with Crippen molar-refractivity contribution in [1.82, 2.24) is 9.88 Å². The quantitative estimate of drug-likeness (QED) is 0.820. The Hall–Kier alpha value is -1.69. The SMILES string of the molecule is CCCCOC(=O)Nc1ccc(CN2CCC(F)C2)cn1. The number of alkyl halides is 1. The average molecular weight is 295 g/mol. The number of halogens is 1. The van der Waals surface area contributed by atoms with Gasteiger partial charge in [-0.05, 0) is 24.5 Å². The summed E-state index contributed by atoms with van der Waals surface area (Å²) in [5.41, 5.74) is 1.01. The molecule has 1 fully saturated rings. The van der Waals surface area contributed by atoms with Gasteiger partial charge in [-0.3, -0.25) is 10.2 Å². The number of unbranched alkanes of at least 4 members (excludes halogenated alkanes) is 1. The van der Waals surface area contributed by atoms with Crippen LogP contribution in [0.2, 0.25) is 0 Å². The molecule has 0 spiro atoms. The Morgan fingerprint density at radius 3 is 3.05 bits per heavy atom. The number of hydrogen-bond acceptors (Lipinski definition) is 4. The molecule has 21 heavy (non-hydrogen) atoms. The fraction of sp³-hybridized carbons (Fsp3) is 0.600. The molecule has 1 amide bonds. The normalized spacial score (nSPS) is 18.7. The lowest BCUT2D eigenvalue weighted by atomic mass is 10.2. The lowest BCUT2D eigenvalue weighted by Gasteiger charge is -2.14. The van der Waals surface area contributed by atoms with Crippen LogP contribution in [0, 0.1) is 0 Å². The molecule has 0 aliphatic carbocycles. The van der Waals surface area contributed by atoms with Crippen molar-refractivity contribution in [2.45, 2.75) is 38.9 Å². The molecule has 1 unspecified atom stereocenters. The predicted molar refractivity (Wildman–Crippen MR) is 78.9 cm³/mol. The zero-order valence-corrected chi connectivity index (χ0v) is 12.3. The van der Waals surface area contributed by atoms with Gasteiger partial charge in [-0.2, -0.15) is 0 Å². The van der Waals surface area contributed by atoms with E-state index >= 15 is 0 Å². The van der Waals surface area contributed by atoms with Gasteiger partial charge in [-0.1, -0.05) is 19.4 Å². The van der Waals surface area contributed by atoms with E-state index < -0.39 is 12.3 Å². The number of anilines is 1. The zero-order valence-electron chi connectivity index (χ0n) is 12.3. The Balaban J connectivity index is 1.77. The van der Waals surface area contributed by atoms with Crippen molar-refractivity contribution < 1.29 is 13.9 Å². The van der Waals surface area contributed by atoms with Gasteiger partial charge >= 0.3 is 6.09 Å². The van der Waals surface area contributed by atoms with Crippen molar-refractivity contribution in [3.8, 4) is 0 Å². The molecule has 116 valence electrons. The molecular weight excluding hydrogens is 273 g/mol. The summed E-state index contributed by atoms with van der Waals surface area (Å²) in [4.78, 5) is 17.7. The van der Waals surface area contributed by atoms with E-state index in [-0.39, 0.29) is 0 Å². The first kappa shape index (κ1) is 15.7. The van der Waals surface area contributed by atoms with E-state index in [0.29, 0.717) is 31.9 Å². The highest BCUT2D eigenvalue weighted by Gasteiger charge is 2.21. The minimum absolute atomic E-state index is 0.416. The third-order valence-corrected chi connectivity index (χ3v) is 3.41. The Bertz CT molecular complexity index is 453. The first-order valence-corrected chi connectivity index (χ1v) is 7.42. The van der Waals surface area contributed by atoms with Crippen LogP contribution in [0.4, 0.5) is 15.0 Å². The summed E-state index contributed by atoms with van der Waals surface area (Å²) in [5, 5.41) is 2.58. The number of amides is 1. The number of ether oxygens (including phenoxy) is 1. The van der Waals surface area contributed by atoms with Gasteiger partial charge in [0.25, 0.3) is 0 Å². The second kappa shape index (κ2) is 7.93. The molecule has 1 aromatic rings. The molecule has 2 rings (SSSR count). The van der Waals surface area contributed by atoms with E-state index in [1.165, 1.54) is 0 Å². The second-order valence-corrected chi connectivity index (χ2v) is 5.29. The van der Waals surface area contributed by atoms with Crippen LogP contribution >= 0.6 is 0 Å². The maximum absolute atomic E-state index is 13.1. The minimum atomic E-state index is -0.711. The number of hydrogen-bond donors (Lipinski definition) is 1. The third-order valence-electron chi connectivity index (χ3n) is 3.41. The molecule has 2 heterocycles. The van der Waals surface area contributed by atoms with Crippen molar-refractivity contribution in [3.05, 3.63) is 23.9 Å². The average Bonchev–Trinajstić information content (AvgIpc) is 2.87. The van der Waals surface area contributed by atoms with Gasteiger partial charge in [-0.25, -0.2) is 14.2 Å². The molecule has 1 aliphatic rings. The highest BCUT2D eigenvalue weighted by Crippen LogP contribution is 2.16. The van der Waals surface area contributed by atoms with Crippen LogP contribution in [0.25, 0.3) is 0 Å². The molecule has 0 radical (unpaired) electrons. The molecule has 5 nitrogen and oxygen atoms in total. The number of aromatic nitrogens is 1. The molecule has 0 saturated carbocycles. The first-order chi connectivity index (χ1) is 10.2. The Morgan fingerprint density at radius 1 is 1.57 bits per heavy atom. The van der Waals surface area contributed by atoms with E-state index in [1.54, 1.807) is 12.3 Å². The van der Waals surface area contributed by atoms with Crippen LogP contribution in [-0.2, 0) is 11.3 Å². The zero-order chi connectivity index (χ0) is 15.1. The molecule has 0 bridgehead atoms. The molecule has 0 aromatic carbocycles. The van der Waals surface area contributed by atoms with E-state index in [4.69, 9.17) is 4.74 Å². The van der Waals surface area contributed by atoms with Crippen molar-refractivity contribution in [1.29, 1.82) is 0 Å². The van der Waals surface area contributed by atoms with Crippen molar-refractivity contribution in [2.24, 2.45) is 0 Å². The summed E-state index contributed by atoms with van der Waals surface area (Å²) in [7, 11) is 0. The molecular formula is C15H22FN3O2. The summed E-state index contributed by atoms with van der Waals surface area (Å²) in [5.74, 6) is 0.463. The summed E-state index contributed by atoms with van der Waals surface area (Å²) < 4.78 is 18.1.